The highest BCUT2D eigenvalue weighted by Gasteiger charge is 2.30. The quantitative estimate of drug-likeness (QED) is 0.0935. The molecule has 6 N–H and O–H groups in total. The van der Waals surface area contributed by atoms with Gasteiger partial charge in [-0.25, -0.2) is 0 Å². The van der Waals surface area contributed by atoms with Crippen molar-refractivity contribution in [3.8, 4) is 0 Å². The average Bonchev–Trinajstić information content (AvgIpc) is 3.54. The number of carbonyl (C=O) groups is 5. The van der Waals surface area contributed by atoms with Crippen molar-refractivity contribution < 1.29 is 29.1 Å². The van der Waals surface area contributed by atoms with Gasteiger partial charge in [-0.2, -0.15) is 0 Å². The van der Waals surface area contributed by atoms with Crippen molar-refractivity contribution in [1.82, 2.24) is 31.2 Å². The zero-order chi connectivity index (χ0) is 36.0. The minimum atomic E-state index is -1.10. The number of carbonyl (C=O) groups excluding carboxylic acids is 5. The lowest BCUT2D eigenvalue weighted by atomic mass is 10.0. The molecule has 0 fully saturated rings. The lowest BCUT2D eigenvalue weighted by Crippen LogP contribution is -2.54. The van der Waals surface area contributed by atoms with E-state index >= 15 is 0 Å². The van der Waals surface area contributed by atoms with Gasteiger partial charge in [-0.05, 0) is 43.4 Å². The van der Waals surface area contributed by atoms with Crippen molar-refractivity contribution in [3.63, 3.8) is 0 Å². The van der Waals surface area contributed by atoms with Gasteiger partial charge in [0.2, 0.25) is 23.6 Å². The van der Waals surface area contributed by atoms with Crippen LogP contribution < -0.4 is 21.3 Å². The molecular weight excluding hydrogens is 636 g/mol. The lowest BCUT2D eigenvalue weighted by Gasteiger charge is -2.27. The minimum Gasteiger partial charge on any atom is -0.391 e. The van der Waals surface area contributed by atoms with Crippen LogP contribution in [0.1, 0.15) is 54.6 Å². The molecule has 4 rings (SSSR count). The number of H-pyrrole nitrogens is 1. The average molecular weight is 683 g/mol. The van der Waals surface area contributed by atoms with Crippen LogP contribution in [0.4, 0.5) is 0 Å². The molecular formula is C38H46N6O6. The van der Waals surface area contributed by atoms with Crippen molar-refractivity contribution in [1.29, 1.82) is 0 Å². The van der Waals surface area contributed by atoms with Crippen LogP contribution in [0, 0.1) is 0 Å². The molecule has 5 amide bonds. The number of hydrogen-bond acceptors (Lipinski definition) is 6. The maximum absolute atomic E-state index is 14.0. The van der Waals surface area contributed by atoms with Gasteiger partial charge in [0, 0.05) is 50.6 Å². The summed E-state index contributed by atoms with van der Waals surface area (Å²) < 4.78 is 0. The second-order valence-electron chi connectivity index (χ2n) is 12.4. The Balaban J connectivity index is 1.49. The summed E-state index contributed by atoms with van der Waals surface area (Å²) in [5, 5.41) is 21.6. The first-order valence-corrected chi connectivity index (χ1v) is 16.8. The Morgan fingerprint density at radius 1 is 0.780 bits per heavy atom. The van der Waals surface area contributed by atoms with Gasteiger partial charge in [0.05, 0.1) is 11.7 Å². The van der Waals surface area contributed by atoms with Crippen LogP contribution >= 0.6 is 0 Å². The molecule has 0 saturated carbocycles. The number of amides is 5. The van der Waals surface area contributed by atoms with Gasteiger partial charge in [0.25, 0.3) is 5.91 Å². The molecule has 0 aliphatic rings. The molecule has 0 bridgehead atoms. The van der Waals surface area contributed by atoms with E-state index in [4.69, 9.17) is 0 Å². The maximum Gasteiger partial charge on any atom is 0.254 e. The highest BCUT2D eigenvalue weighted by atomic mass is 16.3. The third-order valence-electron chi connectivity index (χ3n) is 8.33. The molecule has 1 aromatic heterocycles. The number of aliphatic hydroxyl groups excluding tert-OH is 1. The highest BCUT2D eigenvalue weighted by Crippen LogP contribution is 2.18. The van der Waals surface area contributed by atoms with Crippen LogP contribution in [0.5, 0.6) is 0 Å². The summed E-state index contributed by atoms with van der Waals surface area (Å²) >= 11 is 0. The summed E-state index contributed by atoms with van der Waals surface area (Å²) in [5.41, 5.74) is 2.97. The summed E-state index contributed by atoms with van der Waals surface area (Å²) in [6.07, 6.45) is 1.84. The third kappa shape index (κ3) is 10.8. The van der Waals surface area contributed by atoms with Gasteiger partial charge < -0.3 is 36.3 Å². The van der Waals surface area contributed by atoms with Crippen molar-refractivity contribution in [2.75, 3.05) is 13.6 Å². The highest BCUT2D eigenvalue weighted by molar-refractivity contribution is 6.08. The first kappa shape index (κ1) is 37.3. The molecule has 4 aromatic rings. The number of nitrogens with zero attached hydrogens (tertiary/aromatic N) is 1. The normalized spacial score (nSPS) is 13.4. The molecule has 3 aromatic carbocycles. The number of nitrogens with one attached hydrogen (secondary N) is 5. The van der Waals surface area contributed by atoms with E-state index in [1.54, 1.807) is 18.1 Å². The summed E-state index contributed by atoms with van der Waals surface area (Å²) in [6.45, 7) is 3.24. The molecule has 12 heteroatoms. The van der Waals surface area contributed by atoms with Crippen LogP contribution in [-0.4, -0.2) is 82.3 Å². The smallest absolute Gasteiger partial charge is 0.254 e. The van der Waals surface area contributed by atoms with Crippen LogP contribution in [-0.2, 0) is 32.1 Å². The van der Waals surface area contributed by atoms with E-state index in [1.807, 2.05) is 84.9 Å². The molecule has 1 heterocycles. The number of fused-ring (bicyclic) bond motifs is 1. The second kappa shape index (κ2) is 18.3. The van der Waals surface area contributed by atoms with Crippen LogP contribution in [0.3, 0.4) is 0 Å². The fourth-order valence-electron chi connectivity index (χ4n) is 5.71. The lowest BCUT2D eigenvalue weighted by molar-refractivity contribution is -0.136. The predicted octanol–water partition coefficient (Wildman–Crippen LogP) is 2.82. The summed E-state index contributed by atoms with van der Waals surface area (Å²) in [7, 11) is 1.69. The van der Waals surface area contributed by atoms with Crippen LogP contribution in [0.2, 0.25) is 0 Å². The Kier molecular flexibility index (Phi) is 13.7. The number of aromatic amines is 1. The molecule has 0 spiro atoms. The standard InChI is InChI=1S/C38H46N6O6/c1-25(45)34(41-26(2)46)37(49)39-21-13-12-20-32(42-35(47)30-23-40-31-19-11-10-18-29(30)31)36(48)43-33(22-27-14-6-4-7-15-27)38(50)44(3)24-28-16-8-5-9-17-28/h4-11,14-19,23,25,32-34,40,45H,12-13,20-22,24H2,1-3H3,(H,39,49)(H,41,46)(H,42,47)(H,43,48)/t25-,32+,33-,34+/m1/s1. The number of likely N-dealkylation sites (N-methyl/N-ethyl adjacent to an activating group) is 1. The fourth-order valence-corrected chi connectivity index (χ4v) is 5.71. The van der Waals surface area contributed by atoms with Gasteiger partial charge >= 0.3 is 0 Å². The van der Waals surface area contributed by atoms with Crippen LogP contribution in [0.15, 0.2) is 91.1 Å². The Morgan fingerprint density at radius 2 is 1.42 bits per heavy atom. The molecule has 264 valence electrons. The molecule has 0 radical (unpaired) electrons. The topological polar surface area (TPSA) is 173 Å². The molecule has 50 heavy (non-hydrogen) atoms. The molecule has 12 nitrogen and oxygen atoms in total. The van der Waals surface area contributed by atoms with Crippen molar-refractivity contribution in [2.45, 2.75) is 70.3 Å². The number of para-hydroxylation sites is 1. The van der Waals surface area contributed by atoms with E-state index < -0.39 is 47.9 Å². The zero-order valence-corrected chi connectivity index (χ0v) is 28.6. The fraction of sp³-hybridized carbons (Fsp3) is 0.342. The third-order valence-corrected chi connectivity index (χ3v) is 8.33. The first-order chi connectivity index (χ1) is 24.0. The number of unbranched alkanes of at least 4 members (excludes halogenated alkanes) is 1. The van der Waals surface area contributed by atoms with E-state index in [1.165, 1.54) is 13.8 Å². The zero-order valence-electron chi connectivity index (χ0n) is 28.6. The predicted molar refractivity (Wildman–Crippen MR) is 191 cm³/mol. The van der Waals surface area contributed by atoms with E-state index in [9.17, 15) is 29.1 Å². The SMILES string of the molecule is CC(=O)N[C@H](C(=O)NCCCC[C@H](NC(=O)c1c[nH]c2ccccc12)C(=O)N[C@H](Cc1ccccc1)C(=O)N(C)Cc1ccccc1)[C@@H](C)O. The monoisotopic (exact) mass is 682 g/mol. The van der Waals surface area contributed by atoms with Crippen molar-refractivity contribution >= 4 is 40.4 Å². The summed E-state index contributed by atoms with van der Waals surface area (Å²) in [4.78, 5) is 70.1. The molecule has 4 atom stereocenters. The second-order valence-corrected chi connectivity index (χ2v) is 12.4. The Morgan fingerprint density at radius 3 is 2.08 bits per heavy atom. The number of hydrogen-bond donors (Lipinski definition) is 6. The first-order valence-electron chi connectivity index (χ1n) is 16.8. The number of aliphatic hydroxyl groups is 1. The Bertz CT molecular complexity index is 1740. The van der Waals surface area contributed by atoms with Crippen molar-refractivity contribution in [3.05, 3.63) is 108 Å². The van der Waals surface area contributed by atoms with E-state index in [2.05, 4.69) is 26.3 Å². The summed E-state index contributed by atoms with van der Waals surface area (Å²) in [6, 6.07) is 23.3. The Hall–Kier alpha value is -5.49. The largest absolute Gasteiger partial charge is 0.391 e. The van der Waals surface area contributed by atoms with E-state index in [0.29, 0.717) is 30.3 Å². The van der Waals surface area contributed by atoms with Crippen LogP contribution in [0.25, 0.3) is 10.9 Å². The van der Waals surface area contributed by atoms with Gasteiger partial charge in [-0.3, -0.25) is 24.0 Å². The van der Waals surface area contributed by atoms with Gasteiger partial charge in [-0.15, -0.1) is 0 Å². The molecule has 0 unspecified atom stereocenters. The maximum atomic E-state index is 14.0. The van der Waals surface area contributed by atoms with Gasteiger partial charge in [0.1, 0.15) is 18.1 Å². The molecule has 0 saturated heterocycles. The van der Waals surface area contributed by atoms with E-state index in [-0.39, 0.29) is 25.3 Å². The van der Waals surface area contributed by atoms with E-state index in [0.717, 1.165) is 16.6 Å². The minimum absolute atomic E-state index is 0.214. The number of rotatable bonds is 17. The molecule has 0 aliphatic carbocycles. The van der Waals surface area contributed by atoms with Gasteiger partial charge in [-0.1, -0.05) is 78.9 Å². The Labute approximate surface area is 292 Å². The number of benzene rings is 3. The number of aromatic nitrogens is 1. The van der Waals surface area contributed by atoms with Gasteiger partial charge in [0.15, 0.2) is 0 Å². The summed E-state index contributed by atoms with van der Waals surface area (Å²) in [5.74, 6) is -2.20. The molecule has 0 aliphatic heterocycles. The van der Waals surface area contributed by atoms with Crippen molar-refractivity contribution in [2.24, 2.45) is 0 Å².